The Balaban J connectivity index is 1.58. The van der Waals surface area contributed by atoms with E-state index in [1.165, 1.54) is 17.8 Å². The molecule has 0 atom stereocenters. The molecule has 3 heterocycles. The van der Waals surface area contributed by atoms with Gasteiger partial charge in [0.15, 0.2) is 17.1 Å². The summed E-state index contributed by atoms with van der Waals surface area (Å²) < 4.78 is 58.5. The molecule has 0 fully saturated rings. The predicted octanol–water partition coefficient (Wildman–Crippen LogP) is 5.67. The Morgan fingerprint density at radius 1 is 1.07 bits per heavy atom. The van der Waals surface area contributed by atoms with Crippen molar-refractivity contribution in [1.82, 2.24) is 24.9 Å². The molecule has 0 unspecified atom stereocenters. The average Bonchev–Trinajstić information content (AvgIpc) is 3.22. The minimum Gasteiger partial charge on any atom is -0.493 e. The standard InChI is InChI=1S/C28H31F3N6O4/c1-16-24(18-13-19(28(29,30)31)25(32)34-15-18)37-23(35-16)10-8-20(36-37)17-7-9-21(39-5)22(14-17)40-12-6-11-33-26(38)41-27(2,3)4/h7-10,13-15H,6,11-12H2,1-5H3,(H2,32,34)(H,33,38). The number of carbonyl (C=O) groups excluding carboxylic acids is 1. The van der Waals surface area contributed by atoms with E-state index in [9.17, 15) is 18.0 Å². The molecule has 0 saturated heterocycles. The highest BCUT2D eigenvalue weighted by Crippen LogP contribution is 2.36. The first-order chi connectivity index (χ1) is 19.3. The predicted molar refractivity (Wildman–Crippen MR) is 147 cm³/mol. The van der Waals surface area contributed by atoms with Crippen molar-refractivity contribution < 1.29 is 32.2 Å². The second-order valence-corrected chi connectivity index (χ2v) is 10.2. The van der Waals surface area contributed by atoms with E-state index < -0.39 is 29.3 Å². The highest BCUT2D eigenvalue weighted by molar-refractivity contribution is 5.70. The van der Waals surface area contributed by atoms with Crippen LogP contribution in [-0.2, 0) is 10.9 Å². The average molecular weight is 573 g/mol. The van der Waals surface area contributed by atoms with Gasteiger partial charge in [0.05, 0.1) is 36.4 Å². The smallest absolute Gasteiger partial charge is 0.419 e. The maximum atomic E-state index is 13.5. The number of ether oxygens (including phenoxy) is 3. The largest absolute Gasteiger partial charge is 0.493 e. The number of hydrogen-bond donors (Lipinski definition) is 2. The Morgan fingerprint density at radius 3 is 2.51 bits per heavy atom. The quantitative estimate of drug-likeness (QED) is 0.259. The lowest BCUT2D eigenvalue weighted by atomic mass is 10.1. The highest BCUT2D eigenvalue weighted by atomic mass is 19.4. The summed E-state index contributed by atoms with van der Waals surface area (Å²) in [5.41, 5.74) is 6.55. The number of anilines is 1. The third-order valence-corrected chi connectivity index (χ3v) is 5.86. The maximum Gasteiger partial charge on any atom is 0.419 e. The highest BCUT2D eigenvalue weighted by Gasteiger charge is 2.34. The molecule has 0 radical (unpaired) electrons. The van der Waals surface area contributed by atoms with Gasteiger partial charge in [0.25, 0.3) is 0 Å². The van der Waals surface area contributed by atoms with Crippen LogP contribution in [0.5, 0.6) is 11.5 Å². The number of pyridine rings is 1. The lowest BCUT2D eigenvalue weighted by Gasteiger charge is -2.19. The van der Waals surface area contributed by atoms with Crippen LogP contribution in [0.3, 0.4) is 0 Å². The van der Waals surface area contributed by atoms with Gasteiger partial charge in [-0.1, -0.05) is 0 Å². The van der Waals surface area contributed by atoms with E-state index in [-0.39, 0.29) is 5.56 Å². The Labute approximate surface area is 234 Å². The number of benzene rings is 1. The Morgan fingerprint density at radius 2 is 1.83 bits per heavy atom. The number of hydrogen-bond acceptors (Lipinski definition) is 8. The zero-order valence-electron chi connectivity index (χ0n) is 23.3. The van der Waals surface area contributed by atoms with Gasteiger partial charge in [-0.25, -0.2) is 19.3 Å². The molecular formula is C28H31F3N6O4. The van der Waals surface area contributed by atoms with Gasteiger partial charge in [-0.15, -0.1) is 0 Å². The van der Waals surface area contributed by atoms with E-state index in [0.717, 1.165) is 6.07 Å². The summed E-state index contributed by atoms with van der Waals surface area (Å²) in [4.78, 5) is 20.0. The van der Waals surface area contributed by atoms with E-state index in [2.05, 4.69) is 20.4 Å². The second kappa shape index (κ2) is 11.5. The molecule has 0 aliphatic heterocycles. The normalized spacial score (nSPS) is 11.9. The van der Waals surface area contributed by atoms with Crippen molar-refractivity contribution in [1.29, 1.82) is 0 Å². The van der Waals surface area contributed by atoms with Crippen LogP contribution in [0.15, 0.2) is 42.6 Å². The number of alkyl carbamates (subject to hydrolysis) is 1. The number of rotatable bonds is 8. The second-order valence-electron chi connectivity index (χ2n) is 10.2. The summed E-state index contributed by atoms with van der Waals surface area (Å²) in [5.74, 6) is 0.359. The molecule has 0 saturated carbocycles. The van der Waals surface area contributed by atoms with Crippen LogP contribution in [0.25, 0.3) is 28.2 Å². The number of aryl methyl sites for hydroxylation is 1. The molecule has 0 aliphatic carbocycles. The number of imidazole rings is 1. The monoisotopic (exact) mass is 572 g/mol. The number of nitrogens with two attached hydrogens (primary N) is 1. The van der Waals surface area contributed by atoms with Crippen LogP contribution in [0.1, 0.15) is 38.4 Å². The zero-order valence-corrected chi connectivity index (χ0v) is 23.3. The van der Waals surface area contributed by atoms with Crippen LogP contribution in [0.2, 0.25) is 0 Å². The number of halogens is 3. The van der Waals surface area contributed by atoms with Crippen molar-refractivity contribution in [3.63, 3.8) is 0 Å². The summed E-state index contributed by atoms with van der Waals surface area (Å²) in [5, 5.41) is 7.35. The third-order valence-electron chi connectivity index (χ3n) is 5.86. The van der Waals surface area contributed by atoms with E-state index in [0.29, 0.717) is 59.4 Å². The van der Waals surface area contributed by atoms with Crippen molar-refractivity contribution in [3.8, 4) is 34.0 Å². The van der Waals surface area contributed by atoms with Crippen LogP contribution >= 0.6 is 0 Å². The fourth-order valence-electron chi connectivity index (χ4n) is 4.07. The summed E-state index contributed by atoms with van der Waals surface area (Å²) in [6, 6.07) is 9.70. The number of fused-ring (bicyclic) bond motifs is 1. The number of aromatic nitrogens is 4. The summed E-state index contributed by atoms with van der Waals surface area (Å²) in [6.45, 7) is 7.69. The van der Waals surface area contributed by atoms with E-state index in [1.54, 1.807) is 58.0 Å². The summed E-state index contributed by atoms with van der Waals surface area (Å²) >= 11 is 0. The van der Waals surface area contributed by atoms with Crippen molar-refractivity contribution in [2.75, 3.05) is 26.0 Å². The first kappa shape index (κ1) is 29.4. The lowest BCUT2D eigenvalue weighted by Crippen LogP contribution is -2.33. The van der Waals surface area contributed by atoms with E-state index >= 15 is 0 Å². The molecular weight excluding hydrogens is 541 g/mol. The first-order valence-electron chi connectivity index (χ1n) is 12.7. The van der Waals surface area contributed by atoms with Gasteiger partial charge < -0.3 is 25.3 Å². The summed E-state index contributed by atoms with van der Waals surface area (Å²) in [7, 11) is 1.52. The Bertz CT molecular complexity index is 1560. The van der Waals surface area contributed by atoms with Crippen molar-refractivity contribution in [2.45, 2.75) is 45.9 Å². The fraction of sp³-hybridized carbons (Fsp3) is 0.357. The van der Waals surface area contributed by atoms with Gasteiger partial charge in [-0.05, 0) is 70.5 Å². The van der Waals surface area contributed by atoms with Gasteiger partial charge in [0.2, 0.25) is 0 Å². The molecule has 3 N–H and O–H groups in total. The van der Waals surface area contributed by atoms with Crippen LogP contribution in [0.4, 0.5) is 23.8 Å². The molecule has 13 heteroatoms. The van der Waals surface area contributed by atoms with Gasteiger partial charge >= 0.3 is 12.3 Å². The van der Waals surface area contributed by atoms with Gasteiger partial charge in [0, 0.05) is 23.9 Å². The molecule has 1 amide bonds. The molecule has 0 bridgehead atoms. The third kappa shape index (κ3) is 6.97. The van der Waals surface area contributed by atoms with Crippen LogP contribution in [0, 0.1) is 6.92 Å². The molecule has 3 aromatic heterocycles. The van der Waals surface area contributed by atoms with Gasteiger partial charge in [-0.3, -0.25) is 0 Å². The Hall–Kier alpha value is -4.55. The van der Waals surface area contributed by atoms with Crippen LogP contribution in [-0.4, -0.2) is 51.5 Å². The molecule has 10 nitrogen and oxygen atoms in total. The minimum absolute atomic E-state index is 0.180. The lowest BCUT2D eigenvalue weighted by molar-refractivity contribution is -0.137. The van der Waals surface area contributed by atoms with Crippen LogP contribution < -0.4 is 20.5 Å². The number of nitrogen functional groups attached to an aromatic ring is 1. The number of nitrogens with one attached hydrogen (secondary N) is 1. The van der Waals surface area contributed by atoms with Crippen molar-refractivity contribution in [3.05, 3.63) is 53.9 Å². The molecule has 4 rings (SSSR count). The molecule has 1 aromatic carbocycles. The van der Waals surface area contributed by atoms with Gasteiger partial charge in [-0.2, -0.15) is 18.3 Å². The van der Waals surface area contributed by atoms with E-state index in [4.69, 9.17) is 19.9 Å². The van der Waals surface area contributed by atoms with Crippen molar-refractivity contribution >= 4 is 17.6 Å². The fourth-order valence-corrected chi connectivity index (χ4v) is 4.07. The van der Waals surface area contributed by atoms with Gasteiger partial charge in [0.1, 0.15) is 11.4 Å². The number of carbonyl (C=O) groups is 1. The molecule has 0 aliphatic rings. The number of alkyl halides is 3. The van der Waals surface area contributed by atoms with E-state index in [1.807, 2.05) is 0 Å². The zero-order chi connectivity index (χ0) is 29.9. The maximum absolute atomic E-state index is 13.5. The molecule has 41 heavy (non-hydrogen) atoms. The minimum atomic E-state index is -4.66. The number of amides is 1. The molecule has 0 spiro atoms. The number of methoxy groups -OCH3 is 1. The van der Waals surface area contributed by atoms with Crippen molar-refractivity contribution in [2.24, 2.45) is 0 Å². The topological polar surface area (TPSA) is 126 Å². The molecule has 218 valence electrons. The summed E-state index contributed by atoms with van der Waals surface area (Å²) in [6.07, 6.45) is -3.38. The molecule has 4 aromatic rings. The SMILES string of the molecule is COc1ccc(-c2ccc3nc(C)c(-c4cnc(N)c(C(F)(F)F)c4)n3n2)cc1OCCCNC(=O)OC(C)(C)C. The Kier molecular flexibility index (Phi) is 8.27. The first-order valence-corrected chi connectivity index (χ1v) is 12.7. The number of nitrogens with zero attached hydrogens (tertiary/aromatic N) is 4.